The molecule has 0 rings (SSSR count). The number of nitrogens with one attached hydrogen (secondary N) is 1. The molecule has 6 nitrogen and oxygen atoms in total. The van der Waals surface area contributed by atoms with E-state index in [0.29, 0.717) is 0 Å². The summed E-state index contributed by atoms with van der Waals surface area (Å²) >= 11 is 0. The normalized spacial score (nSPS) is 7.33. The molecule has 5 N–H and O–H groups in total. The van der Waals surface area contributed by atoms with Crippen LogP contribution in [0.4, 0.5) is 4.79 Å². The molecule has 0 aliphatic rings. The molecule has 0 aliphatic carbocycles. The molecule has 0 aromatic heterocycles. The van der Waals surface area contributed by atoms with Crippen molar-refractivity contribution in [2.45, 2.75) is 0 Å². The molecule has 0 spiro atoms. The summed E-state index contributed by atoms with van der Waals surface area (Å²) in [7, 11) is -2.03. The van der Waals surface area contributed by atoms with Crippen molar-refractivity contribution in [1.29, 1.82) is 0 Å². The van der Waals surface area contributed by atoms with Gasteiger partial charge in [0.25, 0.3) is 0 Å². The van der Waals surface area contributed by atoms with Gasteiger partial charge in [0.2, 0.25) is 0 Å². The quantitative estimate of drug-likeness (QED) is 0.309. The first-order chi connectivity index (χ1) is 3.63. The molecule has 0 saturated carbocycles. The average Bonchev–Trinajstić information content (AvgIpc) is 1.61. The predicted octanol–water partition coefficient (Wildman–Crippen LogP) is -3.63. The molecule has 9 heavy (non-hydrogen) atoms. The Bertz CT molecular complexity index is 88.6. The fraction of sp³-hybridized carbons (Fsp3) is 0. The molecule has 0 atom stereocenters. The van der Waals surface area contributed by atoms with Crippen LogP contribution in [-0.2, 0) is 4.76 Å². The number of urea groups is 1. The summed E-state index contributed by atoms with van der Waals surface area (Å²) in [5.74, 6) is 0. The topological polar surface area (TPSA) is 105 Å². The van der Waals surface area contributed by atoms with Crippen molar-refractivity contribution in [3.05, 3.63) is 0 Å². The van der Waals surface area contributed by atoms with Crippen LogP contribution in [0.15, 0.2) is 0 Å². The number of hydroxylamine groups is 1. The Hall–Kier alpha value is 0.0981. The van der Waals surface area contributed by atoms with E-state index in [0.717, 1.165) is 0 Å². The Kier molecular flexibility index (Phi) is 8.19. The molecule has 0 radical (unpaired) electrons. The van der Waals surface area contributed by atoms with E-state index in [1.54, 1.807) is 0 Å². The van der Waals surface area contributed by atoms with Gasteiger partial charge in [0.1, 0.15) is 0 Å². The molecule has 54 valence electrons. The van der Waals surface area contributed by atoms with Gasteiger partial charge in [0, 0.05) is 0 Å². The molecule has 0 aliphatic heterocycles. The van der Waals surface area contributed by atoms with Crippen molar-refractivity contribution in [3.8, 4) is 0 Å². The van der Waals surface area contributed by atoms with E-state index in [1.807, 2.05) is 0 Å². The zero-order valence-electron chi connectivity index (χ0n) is 4.57. The molecule has 0 unspecified atom stereocenters. The van der Waals surface area contributed by atoms with Crippen LogP contribution in [0.3, 0.4) is 0 Å². The maximum atomic E-state index is 9.67. The van der Waals surface area contributed by atoms with Gasteiger partial charge in [-0.1, -0.05) is 0 Å². The Morgan fingerprint density at radius 3 is 2.22 bits per heavy atom. The van der Waals surface area contributed by atoms with Crippen LogP contribution in [0.2, 0.25) is 0 Å². The fourth-order valence-electron chi connectivity index (χ4n) is 0.111. The van der Waals surface area contributed by atoms with Gasteiger partial charge in [-0.3, -0.25) is 4.76 Å². The summed E-state index contributed by atoms with van der Waals surface area (Å²) in [5, 5.41) is 15.7. The Morgan fingerprint density at radius 1 is 1.67 bits per heavy atom. The number of carbonyl (C=O) groups excluding carboxylic acids is 1. The number of carbonyl (C=O) groups is 1. The van der Waals surface area contributed by atoms with Gasteiger partial charge in [0.15, 0.2) is 0 Å². The first-order valence-electron chi connectivity index (χ1n) is 1.70. The third-order valence-corrected chi connectivity index (χ3v) is 0.265. The number of amides is 2. The average molecular weight is 332 g/mol. The van der Waals surface area contributed by atoms with Crippen LogP contribution < -0.4 is 11.2 Å². The second-order valence-corrected chi connectivity index (χ2v) is 0.910. The number of rotatable bonds is 2. The van der Waals surface area contributed by atoms with Gasteiger partial charge in [0.05, 0.1) is 0 Å². The molecule has 8 heteroatoms. The second-order valence-electron chi connectivity index (χ2n) is 0.910. The van der Waals surface area contributed by atoms with E-state index >= 15 is 0 Å². The van der Waals surface area contributed by atoms with Crippen LogP contribution in [0.5, 0.6) is 0 Å². The van der Waals surface area contributed by atoms with Crippen molar-refractivity contribution >= 4 is 39.6 Å². The summed E-state index contributed by atoms with van der Waals surface area (Å²) in [6.45, 7) is 0. The van der Waals surface area contributed by atoms with E-state index in [1.165, 1.54) is 5.48 Å². The second kappa shape index (κ2) is 6.22. The molecule has 0 bridgehead atoms. The molecule has 0 fully saturated rings. The van der Waals surface area contributed by atoms with E-state index in [9.17, 15) is 4.79 Å². The van der Waals surface area contributed by atoms with Gasteiger partial charge in [-0.15, -0.1) is 0 Å². The summed E-state index contributed by atoms with van der Waals surface area (Å²) < 4.78 is 3.69. The minimum atomic E-state index is -2.03. The van der Waals surface area contributed by atoms with Gasteiger partial charge in [-0.05, 0) is 0 Å². The number of nitrogens with two attached hydrogens (primary N) is 1. The van der Waals surface area contributed by atoms with Crippen LogP contribution >= 0.6 is 0 Å². The number of hydrogen-bond donors (Lipinski definition) is 4. The summed E-state index contributed by atoms with van der Waals surface area (Å²) in [6.07, 6.45) is 0. The van der Waals surface area contributed by atoms with Crippen LogP contribution in [0.25, 0.3) is 0 Å². The third-order valence-electron chi connectivity index (χ3n) is 0.265. The van der Waals surface area contributed by atoms with E-state index < -0.39 is 13.4 Å². The summed E-state index contributed by atoms with van der Waals surface area (Å²) in [5.41, 5.74) is 5.93. The predicted molar refractivity (Wildman–Crippen MR) is 33.9 cm³/mol. The van der Waals surface area contributed by atoms with Crippen molar-refractivity contribution in [1.82, 2.24) is 5.48 Å². The molecule has 0 saturated heterocycles. The van der Waals surface area contributed by atoms with Crippen molar-refractivity contribution < 1.29 is 19.6 Å². The van der Waals surface area contributed by atoms with Crippen molar-refractivity contribution in [2.75, 3.05) is 0 Å². The minimum absolute atomic E-state index is 0. The molecule has 0 heterocycles. The Morgan fingerprint density at radius 2 is 2.11 bits per heavy atom. The van der Waals surface area contributed by atoms with Crippen molar-refractivity contribution in [2.24, 2.45) is 5.73 Å². The zero-order chi connectivity index (χ0) is 6.57. The van der Waals surface area contributed by atoms with Crippen LogP contribution in [0.1, 0.15) is 0 Å². The van der Waals surface area contributed by atoms with Crippen LogP contribution in [0, 0.1) is 0 Å². The molecular formula is CH8BBiN2O4. The van der Waals surface area contributed by atoms with Crippen LogP contribution in [-0.4, -0.2) is 49.6 Å². The van der Waals surface area contributed by atoms with Gasteiger partial charge < -0.3 is 15.8 Å². The maximum absolute atomic E-state index is 9.67. The Balaban J connectivity index is 0. The van der Waals surface area contributed by atoms with Gasteiger partial charge >= 0.3 is 39.6 Å². The molecule has 0 aromatic carbocycles. The van der Waals surface area contributed by atoms with E-state index in [-0.39, 0.29) is 26.2 Å². The molecule has 0 aromatic rings. The van der Waals surface area contributed by atoms with Gasteiger partial charge in [-0.2, -0.15) is 0 Å². The monoisotopic (exact) mass is 332 g/mol. The zero-order valence-corrected chi connectivity index (χ0v) is 10.1. The third kappa shape index (κ3) is 11.6. The molecule has 2 amide bonds. The fourth-order valence-corrected chi connectivity index (χ4v) is 0.111. The van der Waals surface area contributed by atoms with E-state index in [4.69, 9.17) is 10.0 Å². The molecular weight excluding hydrogens is 324 g/mol. The Labute approximate surface area is 70.6 Å². The van der Waals surface area contributed by atoms with Crippen molar-refractivity contribution in [3.63, 3.8) is 0 Å². The number of primary amides is 1. The van der Waals surface area contributed by atoms with Gasteiger partial charge in [-0.25, -0.2) is 10.3 Å². The summed E-state index contributed by atoms with van der Waals surface area (Å²) in [6, 6.07) is -0.988. The SMILES string of the molecule is NC(=O)NOB(O)O.[BiH3]. The first-order valence-corrected chi connectivity index (χ1v) is 1.70. The first kappa shape index (κ1) is 11.8. The standard InChI is InChI=1S/CH5BN2O4.Bi.3H/c3-1(5)4-8-2(6)7;;;;/h6-7H,(H3,3,4,5);;;;. The van der Waals surface area contributed by atoms with E-state index in [2.05, 4.69) is 10.5 Å². The number of hydrogen-bond acceptors (Lipinski definition) is 4. The summed E-state index contributed by atoms with van der Waals surface area (Å²) in [4.78, 5) is 9.67.